The van der Waals surface area contributed by atoms with Gasteiger partial charge in [0.25, 0.3) is 0 Å². The molecule has 0 aliphatic heterocycles. The lowest BCUT2D eigenvalue weighted by Gasteiger charge is -2.18. The monoisotopic (exact) mass is 809 g/mol. The lowest BCUT2D eigenvalue weighted by molar-refractivity contribution is -0.139. The number of rotatable bonds is 22. The Morgan fingerprint density at radius 1 is 0.897 bits per heavy atom. The molecule has 5 N–H and O–H groups in total. The highest BCUT2D eigenvalue weighted by Gasteiger charge is 2.17. The highest BCUT2D eigenvalue weighted by molar-refractivity contribution is 6.32. The Balaban J connectivity index is 1.28. The average molecular weight is 810 g/mol. The summed E-state index contributed by atoms with van der Waals surface area (Å²) in [5.74, 6) is -0.971. The van der Waals surface area contributed by atoms with Crippen LogP contribution in [0.4, 0.5) is 0 Å². The van der Waals surface area contributed by atoms with Crippen molar-refractivity contribution < 1.29 is 34.4 Å². The van der Waals surface area contributed by atoms with Crippen LogP contribution in [0.5, 0.6) is 11.5 Å². The van der Waals surface area contributed by atoms with E-state index in [2.05, 4.69) is 58.0 Å². The Labute approximate surface area is 342 Å². The Bertz CT molecular complexity index is 2240. The summed E-state index contributed by atoms with van der Waals surface area (Å²) in [7, 11) is 0. The molecule has 2 aromatic heterocycles. The standard InChI is InChI=1S/C43H48ClN7O7/c1-27(13-42(53)54)19-46-11-6-12-51-24-39(49-50-51)37-10-5-9-36(29(37)3)35-8-4-7-32(28(35)2)26-58-41-17-40(57-25-31-14-30(18-45)20-47-21-31)33(15-38(41)44)22-48-23-34(52)16-43(55)56/h4-5,7-10,14-15,17,20-21,24,27,34,46,48,52H,6,11-13,16,19,22-23,25-26H2,1-3H3,(H,53,54)(H,55,56)/t27-,34-/m0/s1. The number of nitrogens with zero attached hydrogens (tertiary/aromatic N) is 5. The molecule has 0 spiro atoms. The molecule has 3 aromatic carbocycles. The van der Waals surface area contributed by atoms with Crippen molar-refractivity contribution in [2.45, 2.75) is 72.4 Å². The van der Waals surface area contributed by atoms with Gasteiger partial charge < -0.3 is 35.4 Å². The predicted octanol–water partition coefficient (Wildman–Crippen LogP) is 6.32. The summed E-state index contributed by atoms with van der Waals surface area (Å²) < 4.78 is 14.3. The molecule has 0 unspecified atom stereocenters. The van der Waals surface area contributed by atoms with Gasteiger partial charge in [-0.15, -0.1) is 5.10 Å². The first kappa shape index (κ1) is 43.3. The fraction of sp³-hybridized carbons (Fsp3) is 0.349. The van der Waals surface area contributed by atoms with Crippen LogP contribution in [0.1, 0.15) is 59.6 Å². The number of pyridine rings is 1. The van der Waals surface area contributed by atoms with Crippen LogP contribution in [0, 0.1) is 31.1 Å². The van der Waals surface area contributed by atoms with Crippen molar-refractivity contribution in [3.63, 3.8) is 0 Å². The molecule has 2 atom stereocenters. The van der Waals surface area contributed by atoms with Crippen molar-refractivity contribution in [2.24, 2.45) is 5.92 Å². The molecule has 58 heavy (non-hydrogen) atoms. The van der Waals surface area contributed by atoms with Gasteiger partial charge in [0.2, 0.25) is 0 Å². The molecular formula is C43H48ClN7O7. The number of aliphatic hydroxyl groups is 1. The van der Waals surface area contributed by atoms with Crippen molar-refractivity contribution in [2.75, 3.05) is 19.6 Å². The molecule has 304 valence electrons. The van der Waals surface area contributed by atoms with E-state index in [1.165, 1.54) is 6.20 Å². The minimum atomic E-state index is -1.10. The van der Waals surface area contributed by atoms with Crippen LogP contribution in [0.25, 0.3) is 22.4 Å². The molecule has 0 fully saturated rings. The number of nitriles is 1. The van der Waals surface area contributed by atoms with Gasteiger partial charge in [0, 0.05) is 61.2 Å². The first-order chi connectivity index (χ1) is 27.9. The number of carbonyl (C=O) groups is 2. The lowest BCUT2D eigenvalue weighted by Crippen LogP contribution is -2.28. The second kappa shape index (κ2) is 21.1. The highest BCUT2D eigenvalue weighted by Crippen LogP contribution is 2.36. The van der Waals surface area contributed by atoms with Gasteiger partial charge >= 0.3 is 11.9 Å². The normalized spacial score (nSPS) is 12.1. The summed E-state index contributed by atoms with van der Waals surface area (Å²) in [4.78, 5) is 26.0. The first-order valence-electron chi connectivity index (χ1n) is 19.0. The summed E-state index contributed by atoms with van der Waals surface area (Å²) in [6, 6.07) is 19.4. The molecule has 0 saturated heterocycles. The zero-order chi connectivity index (χ0) is 41.6. The number of hydrogen-bond acceptors (Lipinski definition) is 11. The molecule has 5 aromatic rings. The number of hydrogen-bond donors (Lipinski definition) is 5. The largest absolute Gasteiger partial charge is 0.488 e. The second-order valence-corrected chi connectivity index (χ2v) is 14.6. The summed E-state index contributed by atoms with van der Waals surface area (Å²) in [6.07, 6.45) is 4.54. The SMILES string of the molecule is Cc1c(COc2cc(OCc3cncc(C#N)c3)c(CNC[C@@H](O)CC(=O)O)cc2Cl)cccc1-c1cccc(-c2cn(CCCNC[C@@H](C)CC(=O)O)nn2)c1C. The summed E-state index contributed by atoms with van der Waals surface area (Å²) in [5, 5.41) is 52.8. The zero-order valence-corrected chi connectivity index (χ0v) is 33.5. The highest BCUT2D eigenvalue weighted by atomic mass is 35.5. The average Bonchev–Trinajstić information content (AvgIpc) is 3.66. The molecule has 5 rings (SSSR count). The van der Waals surface area contributed by atoms with E-state index in [0.717, 1.165) is 52.0 Å². The van der Waals surface area contributed by atoms with Gasteiger partial charge in [-0.05, 0) is 79.2 Å². The summed E-state index contributed by atoms with van der Waals surface area (Å²) in [6.45, 7) is 8.73. The number of halogens is 1. The van der Waals surface area contributed by atoms with Crippen molar-refractivity contribution >= 4 is 23.5 Å². The van der Waals surface area contributed by atoms with Crippen LogP contribution < -0.4 is 20.1 Å². The Morgan fingerprint density at radius 2 is 1.62 bits per heavy atom. The number of aromatic nitrogens is 4. The van der Waals surface area contributed by atoms with E-state index in [4.69, 9.17) is 31.3 Å². The number of benzene rings is 3. The third kappa shape index (κ3) is 12.3. The zero-order valence-electron chi connectivity index (χ0n) is 32.7. The molecule has 14 nitrogen and oxygen atoms in total. The fourth-order valence-corrected chi connectivity index (χ4v) is 6.74. The number of aliphatic carboxylic acids is 2. The van der Waals surface area contributed by atoms with E-state index in [0.29, 0.717) is 46.3 Å². The third-order valence-electron chi connectivity index (χ3n) is 9.56. The van der Waals surface area contributed by atoms with Crippen LogP contribution in [0.2, 0.25) is 5.02 Å². The van der Waals surface area contributed by atoms with E-state index in [9.17, 15) is 20.0 Å². The van der Waals surface area contributed by atoms with Crippen molar-refractivity contribution in [1.82, 2.24) is 30.6 Å². The smallest absolute Gasteiger partial charge is 0.306 e. The molecule has 0 aliphatic rings. The number of aryl methyl sites for hydroxylation is 1. The number of carboxylic acid groups (broad SMARTS) is 2. The van der Waals surface area contributed by atoms with Gasteiger partial charge in [-0.25, -0.2) is 0 Å². The number of nitrogens with one attached hydrogen (secondary N) is 2. The maximum Gasteiger partial charge on any atom is 0.306 e. The molecule has 0 saturated carbocycles. The summed E-state index contributed by atoms with van der Waals surface area (Å²) in [5.41, 5.74) is 8.66. The van der Waals surface area contributed by atoms with Gasteiger partial charge in [0.05, 0.1) is 29.3 Å². The minimum Gasteiger partial charge on any atom is -0.488 e. The molecule has 0 bridgehead atoms. The molecule has 0 radical (unpaired) electrons. The quantitative estimate of drug-likeness (QED) is 0.0486. The molecule has 0 amide bonds. The topological polar surface area (TPSA) is 205 Å². The van der Waals surface area contributed by atoms with Gasteiger partial charge in [-0.1, -0.05) is 60.1 Å². The van der Waals surface area contributed by atoms with Crippen molar-refractivity contribution in [1.29, 1.82) is 5.26 Å². The van der Waals surface area contributed by atoms with Crippen LogP contribution in [0.15, 0.2) is 73.2 Å². The number of ether oxygens (including phenoxy) is 2. The van der Waals surface area contributed by atoms with Gasteiger partial charge in [0.1, 0.15) is 36.5 Å². The van der Waals surface area contributed by atoms with Gasteiger partial charge in [0.15, 0.2) is 0 Å². The van der Waals surface area contributed by atoms with Crippen LogP contribution >= 0.6 is 11.6 Å². The Morgan fingerprint density at radius 3 is 2.38 bits per heavy atom. The van der Waals surface area contributed by atoms with Crippen LogP contribution in [-0.4, -0.2) is 73.0 Å². The maximum atomic E-state index is 11.0. The van der Waals surface area contributed by atoms with E-state index < -0.39 is 18.0 Å². The number of aliphatic hydroxyl groups excluding tert-OH is 1. The maximum absolute atomic E-state index is 11.0. The minimum absolute atomic E-state index is 0.0468. The van der Waals surface area contributed by atoms with Crippen molar-refractivity contribution in [3.05, 3.63) is 112 Å². The van der Waals surface area contributed by atoms with E-state index in [1.807, 2.05) is 42.1 Å². The van der Waals surface area contributed by atoms with E-state index >= 15 is 0 Å². The van der Waals surface area contributed by atoms with Gasteiger partial charge in [-0.3, -0.25) is 19.3 Å². The lowest BCUT2D eigenvalue weighted by atomic mass is 9.91. The molecule has 2 heterocycles. The molecular weight excluding hydrogens is 762 g/mol. The van der Waals surface area contributed by atoms with Crippen LogP contribution in [0.3, 0.4) is 0 Å². The third-order valence-corrected chi connectivity index (χ3v) is 9.86. The van der Waals surface area contributed by atoms with E-state index in [1.54, 1.807) is 24.4 Å². The van der Waals surface area contributed by atoms with Crippen LogP contribution in [-0.2, 0) is 35.9 Å². The fourth-order valence-electron chi connectivity index (χ4n) is 6.50. The molecule has 0 aliphatic carbocycles. The second-order valence-electron chi connectivity index (χ2n) is 14.2. The van der Waals surface area contributed by atoms with E-state index in [-0.39, 0.29) is 45.1 Å². The van der Waals surface area contributed by atoms with Crippen molar-refractivity contribution in [3.8, 4) is 40.0 Å². The Kier molecular flexibility index (Phi) is 15.7. The predicted molar refractivity (Wildman–Crippen MR) is 218 cm³/mol. The molecule has 15 heteroatoms. The summed E-state index contributed by atoms with van der Waals surface area (Å²) >= 11 is 6.75. The van der Waals surface area contributed by atoms with Gasteiger partial charge in [-0.2, -0.15) is 5.26 Å². The first-order valence-corrected chi connectivity index (χ1v) is 19.3. The number of carboxylic acids is 2. The Hall–Kier alpha value is -5.85.